The zero-order chi connectivity index (χ0) is 15.2. The number of amides is 1. The first kappa shape index (κ1) is 17.7. The number of unbranched alkanes of at least 4 members (excludes halogenated alkanes) is 6. The Morgan fingerprint density at radius 2 is 1.62 bits per heavy atom. The van der Waals surface area contributed by atoms with Crippen molar-refractivity contribution in [2.24, 2.45) is 0 Å². The van der Waals surface area contributed by atoms with Crippen molar-refractivity contribution in [1.29, 1.82) is 0 Å². The second-order valence-corrected chi connectivity index (χ2v) is 5.56. The molecular formula is C18H30N2O. The predicted molar refractivity (Wildman–Crippen MR) is 89.2 cm³/mol. The van der Waals surface area contributed by atoms with Gasteiger partial charge in [-0.25, -0.2) is 0 Å². The van der Waals surface area contributed by atoms with E-state index in [1.54, 1.807) is 0 Å². The molecule has 0 aliphatic carbocycles. The van der Waals surface area contributed by atoms with E-state index >= 15 is 0 Å². The van der Waals surface area contributed by atoms with Gasteiger partial charge in [-0.15, -0.1) is 0 Å². The Morgan fingerprint density at radius 1 is 0.952 bits per heavy atom. The molecule has 1 aromatic rings. The highest BCUT2D eigenvalue weighted by Crippen LogP contribution is 2.06. The Hall–Kier alpha value is -1.35. The minimum absolute atomic E-state index is 0.0711. The van der Waals surface area contributed by atoms with Gasteiger partial charge in [0.2, 0.25) is 5.91 Å². The van der Waals surface area contributed by atoms with E-state index in [4.69, 9.17) is 0 Å². The summed E-state index contributed by atoms with van der Waals surface area (Å²) in [4.78, 5) is 11.6. The third kappa shape index (κ3) is 10.1. The zero-order valence-corrected chi connectivity index (χ0v) is 13.4. The molecule has 0 atom stereocenters. The first-order chi connectivity index (χ1) is 10.3. The number of hydrogen-bond acceptors (Lipinski definition) is 2. The molecule has 0 heterocycles. The van der Waals surface area contributed by atoms with E-state index in [1.165, 1.54) is 38.5 Å². The van der Waals surface area contributed by atoms with E-state index in [0.29, 0.717) is 13.1 Å². The van der Waals surface area contributed by atoms with Crippen LogP contribution in [-0.2, 0) is 11.3 Å². The van der Waals surface area contributed by atoms with Crippen LogP contribution in [0.25, 0.3) is 0 Å². The first-order valence-electron chi connectivity index (χ1n) is 8.34. The molecule has 0 fully saturated rings. The number of rotatable bonds is 12. The minimum Gasteiger partial charge on any atom is -0.351 e. The van der Waals surface area contributed by atoms with Crippen LogP contribution in [0.1, 0.15) is 57.4 Å². The maximum absolute atomic E-state index is 11.6. The van der Waals surface area contributed by atoms with E-state index < -0.39 is 0 Å². The summed E-state index contributed by atoms with van der Waals surface area (Å²) < 4.78 is 0. The van der Waals surface area contributed by atoms with Crippen LogP contribution >= 0.6 is 0 Å². The number of benzene rings is 1. The lowest BCUT2D eigenvalue weighted by molar-refractivity contribution is -0.120. The van der Waals surface area contributed by atoms with Crippen molar-refractivity contribution in [2.75, 3.05) is 13.1 Å². The maximum Gasteiger partial charge on any atom is 0.234 e. The number of carbonyl (C=O) groups is 1. The van der Waals surface area contributed by atoms with E-state index in [-0.39, 0.29) is 5.91 Å². The molecule has 0 saturated heterocycles. The normalized spacial score (nSPS) is 10.5. The van der Waals surface area contributed by atoms with Crippen LogP contribution in [0.5, 0.6) is 0 Å². The summed E-state index contributed by atoms with van der Waals surface area (Å²) in [5.74, 6) is 0.0711. The maximum atomic E-state index is 11.6. The SMILES string of the molecule is CCCCCCCCCNCC(=O)NCc1ccccc1. The largest absolute Gasteiger partial charge is 0.351 e. The second-order valence-electron chi connectivity index (χ2n) is 5.56. The summed E-state index contributed by atoms with van der Waals surface area (Å²) in [5.41, 5.74) is 1.14. The molecule has 1 amide bonds. The van der Waals surface area contributed by atoms with Crippen LogP contribution in [0.15, 0.2) is 30.3 Å². The average Bonchev–Trinajstić information content (AvgIpc) is 2.52. The van der Waals surface area contributed by atoms with Crippen LogP contribution in [0.4, 0.5) is 0 Å². The molecule has 2 N–H and O–H groups in total. The smallest absolute Gasteiger partial charge is 0.234 e. The fourth-order valence-electron chi connectivity index (χ4n) is 2.27. The molecule has 0 aromatic heterocycles. The molecular weight excluding hydrogens is 260 g/mol. The summed E-state index contributed by atoms with van der Waals surface area (Å²) in [6, 6.07) is 9.99. The van der Waals surface area contributed by atoms with Gasteiger partial charge in [0.05, 0.1) is 6.54 Å². The van der Waals surface area contributed by atoms with Crippen LogP contribution < -0.4 is 10.6 Å². The molecule has 0 aliphatic heterocycles. The lowest BCUT2D eigenvalue weighted by Crippen LogP contribution is -2.33. The Labute approximate surface area is 129 Å². The van der Waals surface area contributed by atoms with E-state index in [1.807, 2.05) is 30.3 Å². The lowest BCUT2D eigenvalue weighted by Gasteiger charge is -2.07. The van der Waals surface area contributed by atoms with Gasteiger partial charge in [-0.2, -0.15) is 0 Å². The van der Waals surface area contributed by atoms with Crippen LogP contribution in [0.3, 0.4) is 0 Å². The first-order valence-corrected chi connectivity index (χ1v) is 8.34. The fraction of sp³-hybridized carbons (Fsp3) is 0.611. The van der Waals surface area contributed by atoms with Gasteiger partial charge in [-0.3, -0.25) is 4.79 Å². The molecule has 3 heteroatoms. The highest BCUT2D eigenvalue weighted by atomic mass is 16.1. The molecule has 1 aromatic carbocycles. The van der Waals surface area contributed by atoms with Crippen LogP contribution in [0.2, 0.25) is 0 Å². The second kappa shape index (κ2) is 12.4. The van der Waals surface area contributed by atoms with Gasteiger partial charge in [0.1, 0.15) is 0 Å². The Balaban J connectivity index is 1.89. The summed E-state index contributed by atoms with van der Waals surface area (Å²) in [6.45, 7) is 4.21. The highest BCUT2D eigenvalue weighted by Gasteiger charge is 2.00. The molecule has 0 spiro atoms. The fourth-order valence-corrected chi connectivity index (χ4v) is 2.27. The molecule has 1 rings (SSSR count). The van der Waals surface area contributed by atoms with Gasteiger partial charge in [-0.1, -0.05) is 75.8 Å². The van der Waals surface area contributed by atoms with Crippen molar-refractivity contribution in [2.45, 2.75) is 58.4 Å². The van der Waals surface area contributed by atoms with Crippen molar-refractivity contribution in [3.8, 4) is 0 Å². The van der Waals surface area contributed by atoms with Crippen molar-refractivity contribution in [3.05, 3.63) is 35.9 Å². The predicted octanol–water partition coefficient (Wildman–Crippen LogP) is 3.64. The van der Waals surface area contributed by atoms with Gasteiger partial charge >= 0.3 is 0 Å². The quantitative estimate of drug-likeness (QED) is 0.577. The third-order valence-electron chi connectivity index (χ3n) is 3.58. The minimum atomic E-state index is 0.0711. The van der Waals surface area contributed by atoms with E-state index in [0.717, 1.165) is 18.5 Å². The zero-order valence-electron chi connectivity index (χ0n) is 13.4. The van der Waals surface area contributed by atoms with Gasteiger partial charge in [0, 0.05) is 6.54 Å². The van der Waals surface area contributed by atoms with E-state index in [2.05, 4.69) is 17.6 Å². The monoisotopic (exact) mass is 290 g/mol. The molecule has 3 nitrogen and oxygen atoms in total. The summed E-state index contributed by atoms with van der Waals surface area (Å²) in [5, 5.41) is 6.13. The molecule has 0 radical (unpaired) electrons. The molecule has 0 saturated carbocycles. The number of hydrogen-bond donors (Lipinski definition) is 2. The molecule has 0 unspecified atom stereocenters. The summed E-state index contributed by atoms with van der Waals surface area (Å²) >= 11 is 0. The standard InChI is InChI=1S/C18H30N2O/c1-2-3-4-5-6-7-11-14-19-16-18(21)20-15-17-12-9-8-10-13-17/h8-10,12-13,19H,2-7,11,14-16H2,1H3,(H,20,21). The van der Waals surface area contributed by atoms with Crippen LogP contribution in [0, 0.1) is 0 Å². The van der Waals surface area contributed by atoms with Crippen molar-refractivity contribution < 1.29 is 4.79 Å². The van der Waals surface area contributed by atoms with Crippen molar-refractivity contribution in [1.82, 2.24) is 10.6 Å². The molecule has 0 aliphatic rings. The molecule has 0 bridgehead atoms. The number of carbonyl (C=O) groups excluding carboxylic acids is 1. The average molecular weight is 290 g/mol. The van der Waals surface area contributed by atoms with Crippen molar-refractivity contribution >= 4 is 5.91 Å². The highest BCUT2D eigenvalue weighted by molar-refractivity contribution is 5.77. The van der Waals surface area contributed by atoms with Crippen LogP contribution in [-0.4, -0.2) is 19.0 Å². The topological polar surface area (TPSA) is 41.1 Å². The molecule has 21 heavy (non-hydrogen) atoms. The van der Waals surface area contributed by atoms with Gasteiger partial charge < -0.3 is 10.6 Å². The van der Waals surface area contributed by atoms with Crippen molar-refractivity contribution in [3.63, 3.8) is 0 Å². The summed E-state index contributed by atoms with van der Waals surface area (Å²) in [7, 11) is 0. The Kier molecular flexibility index (Phi) is 10.4. The van der Waals surface area contributed by atoms with Gasteiger partial charge in [-0.05, 0) is 18.5 Å². The van der Waals surface area contributed by atoms with Gasteiger partial charge in [0.15, 0.2) is 0 Å². The number of nitrogens with one attached hydrogen (secondary N) is 2. The lowest BCUT2D eigenvalue weighted by atomic mass is 10.1. The third-order valence-corrected chi connectivity index (χ3v) is 3.58. The van der Waals surface area contributed by atoms with Gasteiger partial charge in [0.25, 0.3) is 0 Å². The van der Waals surface area contributed by atoms with E-state index in [9.17, 15) is 4.79 Å². The molecule has 118 valence electrons. The Bertz CT molecular complexity index is 365. The summed E-state index contributed by atoms with van der Waals surface area (Å²) in [6.07, 6.45) is 9.14. The Morgan fingerprint density at radius 3 is 2.33 bits per heavy atom.